The Balaban J connectivity index is 5.16. The fourth-order valence-corrected chi connectivity index (χ4v) is 3.30. The summed E-state index contributed by atoms with van der Waals surface area (Å²) < 4.78 is 0. The van der Waals surface area contributed by atoms with E-state index in [1.807, 2.05) is 0 Å². The van der Waals surface area contributed by atoms with E-state index in [4.69, 9.17) is 0 Å². The molecule has 2 atom stereocenters. The molecule has 0 heteroatoms. The van der Waals surface area contributed by atoms with Gasteiger partial charge >= 0.3 is 0 Å². The summed E-state index contributed by atoms with van der Waals surface area (Å²) in [6, 6.07) is 0. The summed E-state index contributed by atoms with van der Waals surface area (Å²) in [7, 11) is 0. The molecule has 0 aromatic rings. The topological polar surface area (TPSA) is 0 Å². The number of rotatable bonds is 10. The molecule has 0 saturated carbocycles. The number of allylic oxidation sites excluding steroid dienone is 7. The van der Waals surface area contributed by atoms with E-state index in [0.29, 0.717) is 5.92 Å². The highest BCUT2D eigenvalue weighted by atomic mass is 14.2. The Bertz CT molecular complexity index is 532. The second-order valence-electron chi connectivity index (χ2n) is 8.33. The number of hydrogen-bond acceptors (Lipinski definition) is 0. The van der Waals surface area contributed by atoms with Gasteiger partial charge in [0.25, 0.3) is 0 Å². The van der Waals surface area contributed by atoms with Crippen molar-refractivity contribution in [3.8, 4) is 0 Å². The summed E-state index contributed by atoms with van der Waals surface area (Å²) in [6.45, 7) is 27.1. The van der Waals surface area contributed by atoms with Crippen LogP contribution >= 0.6 is 0 Å². The van der Waals surface area contributed by atoms with Gasteiger partial charge in [0, 0.05) is 0 Å². The molecule has 0 saturated heterocycles. The second kappa shape index (κ2) is 11.6. The molecule has 0 heterocycles. The molecule has 0 aliphatic carbocycles. The van der Waals surface area contributed by atoms with Crippen molar-refractivity contribution in [1.82, 2.24) is 0 Å². The van der Waals surface area contributed by atoms with E-state index < -0.39 is 0 Å². The lowest BCUT2D eigenvalue weighted by atomic mass is 9.84. The van der Waals surface area contributed by atoms with Crippen LogP contribution < -0.4 is 0 Å². The first-order chi connectivity index (χ1) is 11.6. The standard InChI is InChI=1S/C25H44/c1-12-18(5)16-20(7)19(6)14-15-25(13-2)24(11)23(10)22(9)21(8)17(3)4/h18,25H,9,12-16H2,1-8,10-11H3. The summed E-state index contributed by atoms with van der Waals surface area (Å²) in [4.78, 5) is 0. The number of hydrogen-bond donors (Lipinski definition) is 0. The molecule has 0 radical (unpaired) electrons. The highest BCUT2D eigenvalue weighted by Crippen LogP contribution is 2.31. The van der Waals surface area contributed by atoms with Crippen LogP contribution in [-0.4, -0.2) is 0 Å². The lowest BCUT2D eigenvalue weighted by molar-refractivity contribution is 0.527. The predicted octanol–water partition coefficient (Wildman–Crippen LogP) is 8.81. The van der Waals surface area contributed by atoms with Crippen LogP contribution in [0, 0.1) is 11.8 Å². The molecule has 0 aliphatic rings. The van der Waals surface area contributed by atoms with Gasteiger partial charge in [-0.25, -0.2) is 0 Å². The van der Waals surface area contributed by atoms with Crippen LogP contribution in [0.25, 0.3) is 0 Å². The van der Waals surface area contributed by atoms with Crippen LogP contribution in [0.1, 0.15) is 101 Å². The van der Waals surface area contributed by atoms with Crippen LogP contribution in [0.5, 0.6) is 0 Å². The fourth-order valence-electron chi connectivity index (χ4n) is 3.30. The SMILES string of the molecule is C=C(C(C)=C(C)C)C(C)=C(C)C(CC)CCC(C)=C(C)CC(C)CC. The van der Waals surface area contributed by atoms with Crippen molar-refractivity contribution in [2.45, 2.75) is 101 Å². The first-order valence-corrected chi connectivity index (χ1v) is 10.2. The third kappa shape index (κ3) is 7.80. The summed E-state index contributed by atoms with van der Waals surface area (Å²) >= 11 is 0. The zero-order chi connectivity index (χ0) is 19.7. The minimum absolute atomic E-state index is 0.660. The summed E-state index contributed by atoms with van der Waals surface area (Å²) in [5, 5.41) is 0. The average molecular weight is 345 g/mol. The average Bonchev–Trinajstić information content (AvgIpc) is 2.59. The first-order valence-electron chi connectivity index (χ1n) is 10.2. The predicted molar refractivity (Wildman–Crippen MR) is 117 cm³/mol. The third-order valence-corrected chi connectivity index (χ3v) is 6.30. The molecule has 0 aromatic carbocycles. The highest BCUT2D eigenvalue weighted by molar-refractivity contribution is 5.46. The van der Waals surface area contributed by atoms with E-state index in [9.17, 15) is 0 Å². The zero-order valence-corrected chi connectivity index (χ0v) is 18.9. The Labute approximate surface area is 159 Å². The van der Waals surface area contributed by atoms with Crippen molar-refractivity contribution in [1.29, 1.82) is 0 Å². The van der Waals surface area contributed by atoms with Crippen molar-refractivity contribution in [3.05, 3.63) is 45.6 Å². The van der Waals surface area contributed by atoms with Crippen LogP contribution in [0.15, 0.2) is 45.6 Å². The van der Waals surface area contributed by atoms with E-state index in [1.165, 1.54) is 60.0 Å². The molecule has 0 aromatic heterocycles. The van der Waals surface area contributed by atoms with Crippen LogP contribution in [-0.2, 0) is 0 Å². The molecule has 0 bridgehead atoms. The zero-order valence-electron chi connectivity index (χ0n) is 18.9. The quantitative estimate of drug-likeness (QED) is 0.274. The van der Waals surface area contributed by atoms with Crippen molar-refractivity contribution < 1.29 is 0 Å². The molecule has 0 spiro atoms. The van der Waals surface area contributed by atoms with E-state index in [-0.39, 0.29) is 0 Å². The lowest BCUT2D eigenvalue weighted by Crippen LogP contribution is -2.06. The Morgan fingerprint density at radius 1 is 0.800 bits per heavy atom. The maximum absolute atomic E-state index is 4.35. The molecule has 0 amide bonds. The van der Waals surface area contributed by atoms with Gasteiger partial charge in [0.15, 0.2) is 0 Å². The van der Waals surface area contributed by atoms with Gasteiger partial charge in [-0.1, -0.05) is 56.1 Å². The molecule has 144 valence electrons. The maximum Gasteiger partial charge on any atom is -0.0200 e. The second-order valence-corrected chi connectivity index (χ2v) is 8.33. The van der Waals surface area contributed by atoms with Crippen molar-refractivity contribution in [2.75, 3.05) is 0 Å². The van der Waals surface area contributed by atoms with Gasteiger partial charge in [0.2, 0.25) is 0 Å². The first kappa shape index (κ1) is 24.0. The molecular formula is C25H44. The van der Waals surface area contributed by atoms with E-state index in [2.05, 4.69) is 75.8 Å². The minimum atomic E-state index is 0.660. The summed E-state index contributed by atoms with van der Waals surface area (Å²) in [5.74, 6) is 1.46. The van der Waals surface area contributed by atoms with E-state index in [0.717, 1.165) is 5.92 Å². The normalized spacial score (nSPS) is 15.9. The van der Waals surface area contributed by atoms with Gasteiger partial charge in [-0.3, -0.25) is 0 Å². The fraction of sp³-hybridized carbons (Fsp3) is 0.680. The third-order valence-electron chi connectivity index (χ3n) is 6.30. The Kier molecular flexibility index (Phi) is 11.1. The molecule has 0 aliphatic heterocycles. The molecular weight excluding hydrogens is 300 g/mol. The van der Waals surface area contributed by atoms with E-state index >= 15 is 0 Å². The van der Waals surface area contributed by atoms with Crippen molar-refractivity contribution in [2.24, 2.45) is 11.8 Å². The van der Waals surface area contributed by atoms with E-state index in [1.54, 1.807) is 11.1 Å². The van der Waals surface area contributed by atoms with Crippen LogP contribution in [0.4, 0.5) is 0 Å². The Morgan fingerprint density at radius 2 is 1.36 bits per heavy atom. The van der Waals surface area contributed by atoms with Gasteiger partial charge < -0.3 is 0 Å². The largest absolute Gasteiger partial charge is 0.0912 e. The highest BCUT2D eigenvalue weighted by Gasteiger charge is 2.14. The monoisotopic (exact) mass is 344 g/mol. The van der Waals surface area contributed by atoms with Gasteiger partial charge in [-0.15, -0.1) is 0 Å². The van der Waals surface area contributed by atoms with Crippen LogP contribution in [0.2, 0.25) is 0 Å². The molecule has 25 heavy (non-hydrogen) atoms. The molecule has 0 N–H and O–H groups in total. The molecule has 0 fully saturated rings. The smallest absolute Gasteiger partial charge is 0.0200 e. The lowest BCUT2D eigenvalue weighted by Gasteiger charge is -2.22. The van der Waals surface area contributed by atoms with Gasteiger partial charge in [0.1, 0.15) is 0 Å². The van der Waals surface area contributed by atoms with Crippen molar-refractivity contribution >= 4 is 0 Å². The van der Waals surface area contributed by atoms with Gasteiger partial charge in [-0.2, -0.15) is 0 Å². The van der Waals surface area contributed by atoms with Gasteiger partial charge in [-0.05, 0) is 103 Å². The van der Waals surface area contributed by atoms with Gasteiger partial charge in [0.05, 0.1) is 0 Å². The Hall–Kier alpha value is -1.04. The summed E-state index contributed by atoms with van der Waals surface area (Å²) in [5.41, 5.74) is 10.0. The van der Waals surface area contributed by atoms with Crippen LogP contribution in [0.3, 0.4) is 0 Å². The molecule has 2 unspecified atom stereocenters. The minimum Gasteiger partial charge on any atom is -0.0912 e. The maximum atomic E-state index is 4.35. The molecule has 0 rings (SSSR count). The Morgan fingerprint density at radius 3 is 1.80 bits per heavy atom. The summed E-state index contributed by atoms with van der Waals surface area (Å²) in [6.07, 6.45) is 6.21. The van der Waals surface area contributed by atoms with Crippen molar-refractivity contribution in [3.63, 3.8) is 0 Å². The molecule has 0 nitrogen and oxygen atoms in total.